The highest BCUT2D eigenvalue weighted by molar-refractivity contribution is 5.78. The van der Waals surface area contributed by atoms with Gasteiger partial charge in [0.15, 0.2) is 0 Å². The van der Waals surface area contributed by atoms with E-state index in [4.69, 9.17) is 5.26 Å². The fourth-order valence-electron chi connectivity index (χ4n) is 2.57. The van der Waals surface area contributed by atoms with Crippen molar-refractivity contribution in [3.8, 4) is 0 Å². The van der Waals surface area contributed by atoms with Crippen LogP contribution in [0.25, 0.3) is 11.0 Å². The highest BCUT2D eigenvalue weighted by Crippen LogP contribution is 2.30. The molecule has 0 bridgehead atoms. The zero-order valence-electron chi connectivity index (χ0n) is 10.3. The molecule has 3 heterocycles. The molecule has 4 atom stereocenters. The molecule has 1 fully saturated rings. The molecular formula is C11H14N4O5. The lowest BCUT2D eigenvalue weighted by Gasteiger charge is -2.14. The van der Waals surface area contributed by atoms with Gasteiger partial charge >= 0.3 is 0 Å². The van der Waals surface area contributed by atoms with E-state index in [0.29, 0.717) is 16.6 Å². The standard InChI is InChI=1S/C11H14N4O5/c16-9-5(2-20-19)15-7(10(9)17)4-1-12-8-6(4)13-3-14-11(8)18/h1,3,5,7,9-10,12,15-17,19H,2H2,(H,13,14,18)/t5-,7+,9-,10+/m1/s1. The predicted molar refractivity (Wildman–Crippen MR) is 67.0 cm³/mol. The van der Waals surface area contributed by atoms with Crippen molar-refractivity contribution in [1.82, 2.24) is 20.3 Å². The quantitative estimate of drug-likeness (QED) is 0.296. The van der Waals surface area contributed by atoms with E-state index >= 15 is 0 Å². The molecule has 1 aliphatic heterocycles. The second kappa shape index (κ2) is 4.96. The van der Waals surface area contributed by atoms with Crippen molar-refractivity contribution in [2.75, 3.05) is 6.61 Å². The van der Waals surface area contributed by atoms with Gasteiger partial charge < -0.3 is 20.2 Å². The lowest BCUT2D eigenvalue weighted by Crippen LogP contribution is -2.36. The van der Waals surface area contributed by atoms with E-state index in [1.165, 1.54) is 6.33 Å². The minimum Gasteiger partial charge on any atom is -0.389 e. The van der Waals surface area contributed by atoms with Gasteiger partial charge in [-0.3, -0.25) is 15.4 Å². The predicted octanol–water partition coefficient (Wildman–Crippen LogP) is -1.52. The Morgan fingerprint density at radius 1 is 1.30 bits per heavy atom. The summed E-state index contributed by atoms with van der Waals surface area (Å²) in [7, 11) is 0. The Morgan fingerprint density at radius 3 is 2.85 bits per heavy atom. The third-order valence-electron chi connectivity index (χ3n) is 3.59. The smallest absolute Gasteiger partial charge is 0.275 e. The molecule has 9 nitrogen and oxygen atoms in total. The highest BCUT2D eigenvalue weighted by Gasteiger charge is 2.43. The summed E-state index contributed by atoms with van der Waals surface area (Å²) in [5.74, 6) is 0. The molecule has 3 rings (SSSR count). The number of aromatic amines is 2. The summed E-state index contributed by atoms with van der Waals surface area (Å²) < 4.78 is 0. The van der Waals surface area contributed by atoms with Gasteiger partial charge in [-0.1, -0.05) is 0 Å². The first-order valence-electron chi connectivity index (χ1n) is 6.06. The summed E-state index contributed by atoms with van der Waals surface area (Å²) in [5, 5.41) is 31.4. The maximum atomic E-state index is 11.6. The van der Waals surface area contributed by atoms with Crippen LogP contribution >= 0.6 is 0 Å². The fraction of sp³-hybridized carbons (Fsp3) is 0.455. The Morgan fingerprint density at radius 2 is 2.10 bits per heavy atom. The Bertz CT molecular complexity index is 668. The van der Waals surface area contributed by atoms with Gasteiger partial charge in [-0.25, -0.2) is 9.87 Å². The number of H-pyrrole nitrogens is 2. The summed E-state index contributed by atoms with van der Waals surface area (Å²) in [6.45, 7) is -0.162. The monoisotopic (exact) mass is 282 g/mol. The third kappa shape index (κ3) is 1.92. The summed E-state index contributed by atoms with van der Waals surface area (Å²) in [4.78, 5) is 24.9. The zero-order chi connectivity index (χ0) is 14.3. The van der Waals surface area contributed by atoms with Crippen LogP contribution in [0.4, 0.5) is 0 Å². The fourth-order valence-corrected chi connectivity index (χ4v) is 2.57. The topological polar surface area (TPSA) is 143 Å². The Kier molecular flexibility index (Phi) is 3.28. The number of hydrogen-bond donors (Lipinski definition) is 6. The van der Waals surface area contributed by atoms with Gasteiger partial charge in [0.1, 0.15) is 17.1 Å². The highest BCUT2D eigenvalue weighted by atomic mass is 17.1. The normalized spacial score (nSPS) is 30.1. The van der Waals surface area contributed by atoms with Crippen molar-refractivity contribution >= 4 is 11.0 Å². The number of aliphatic hydroxyl groups excluding tert-OH is 2. The second-order valence-corrected chi connectivity index (χ2v) is 4.73. The van der Waals surface area contributed by atoms with E-state index in [1.54, 1.807) is 6.20 Å². The van der Waals surface area contributed by atoms with Crippen LogP contribution in [0.2, 0.25) is 0 Å². The number of hydrogen-bond acceptors (Lipinski definition) is 7. The average molecular weight is 282 g/mol. The summed E-state index contributed by atoms with van der Waals surface area (Å²) >= 11 is 0. The minimum absolute atomic E-state index is 0.162. The van der Waals surface area contributed by atoms with Gasteiger partial charge in [0.25, 0.3) is 5.56 Å². The minimum atomic E-state index is -1.10. The van der Waals surface area contributed by atoms with Gasteiger partial charge in [-0.2, -0.15) is 0 Å². The van der Waals surface area contributed by atoms with E-state index in [9.17, 15) is 15.0 Å². The Hall–Kier alpha value is -1.78. The Labute approximate surface area is 112 Å². The number of fused-ring (bicyclic) bond motifs is 1. The van der Waals surface area contributed by atoms with Crippen LogP contribution < -0.4 is 10.9 Å². The van der Waals surface area contributed by atoms with Crippen molar-refractivity contribution in [3.05, 3.63) is 28.4 Å². The molecule has 2 aromatic rings. The SMILES string of the molecule is O=c1[nH]cnc2c([C@@H]3N[C@H](COO)[C@@H](O)[C@H]3O)c[nH]c12. The molecule has 1 saturated heterocycles. The summed E-state index contributed by atoms with van der Waals surface area (Å²) in [5.41, 5.74) is 0.971. The van der Waals surface area contributed by atoms with Gasteiger partial charge in [-0.15, -0.1) is 0 Å². The maximum absolute atomic E-state index is 11.6. The van der Waals surface area contributed by atoms with Crippen LogP contribution in [0.3, 0.4) is 0 Å². The van der Waals surface area contributed by atoms with Crippen LogP contribution in [0.5, 0.6) is 0 Å². The molecular weight excluding hydrogens is 268 g/mol. The van der Waals surface area contributed by atoms with Crippen molar-refractivity contribution in [1.29, 1.82) is 0 Å². The number of aliphatic hydroxyl groups is 2. The molecule has 0 saturated carbocycles. The molecule has 108 valence electrons. The number of nitrogens with zero attached hydrogens (tertiary/aromatic N) is 1. The maximum Gasteiger partial charge on any atom is 0.275 e. The Balaban J connectivity index is 1.99. The summed E-state index contributed by atoms with van der Waals surface area (Å²) in [6.07, 6.45) is 0.630. The van der Waals surface area contributed by atoms with E-state index in [2.05, 4.69) is 25.2 Å². The van der Waals surface area contributed by atoms with Crippen LogP contribution in [-0.2, 0) is 4.89 Å². The van der Waals surface area contributed by atoms with E-state index in [1.807, 2.05) is 0 Å². The molecule has 1 aliphatic rings. The van der Waals surface area contributed by atoms with Crippen molar-refractivity contribution in [3.63, 3.8) is 0 Å². The second-order valence-electron chi connectivity index (χ2n) is 4.73. The van der Waals surface area contributed by atoms with E-state index in [-0.39, 0.29) is 12.2 Å². The molecule has 0 unspecified atom stereocenters. The first-order chi connectivity index (χ1) is 9.63. The number of aromatic nitrogens is 3. The van der Waals surface area contributed by atoms with E-state index in [0.717, 1.165) is 0 Å². The molecule has 0 amide bonds. The molecule has 0 spiro atoms. The first kappa shape index (κ1) is 13.2. The van der Waals surface area contributed by atoms with Crippen LogP contribution in [-0.4, -0.2) is 55.3 Å². The molecule has 20 heavy (non-hydrogen) atoms. The third-order valence-corrected chi connectivity index (χ3v) is 3.59. The molecule has 0 aliphatic carbocycles. The number of nitrogens with one attached hydrogen (secondary N) is 3. The van der Waals surface area contributed by atoms with E-state index < -0.39 is 24.3 Å². The van der Waals surface area contributed by atoms with Gasteiger partial charge in [0.05, 0.1) is 31.1 Å². The first-order valence-corrected chi connectivity index (χ1v) is 6.06. The molecule has 0 radical (unpaired) electrons. The molecule has 2 aromatic heterocycles. The average Bonchev–Trinajstić information content (AvgIpc) is 2.97. The molecule has 0 aromatic carbocycles. The van der Waals surface area contributed by atoms with Crippen molar-refractivity contribution < 1.29 is 20.4 Å². The van der Waals surface area contributed by atoms with Gasteiger partial charge in [-0.05, 0) is 0 Å². The van der Waals surface area contributed by atoms with Crippen LogP contribution in [0.15, 0.2) is 17.3 Å². The zero-order valence-corrected chi connectivity index (χ0v) is 10.3. The van der Waals surface area contributed by atoms with Crippen molar-refractivity contribution in [2.24, 2.45) is 0 Å². The van der Waals surface area contributed by atoms with Gasteiger partial charge in [0, 0.05) is 11.8 Å². The molecule has 9 heteroatoms. The van der Waals surface area contributed by atoms with Crippen molar-refractivity contribution in [2.45, 2.75) is 24.3 Å². The van der Waals surface area contributed by atoms with Gasteiger partial charge in [0.2, 0.25) is 0 Å². The lowest BCUT2D eigenvalue weighted by molar-refractivity contribution is -0.249. The number of rotatable bonds is 3. The summed E-state index contributed by atoms with van der Waals surface area (Å²) in [6, 6.07) is -1.24. The molecule has 6 N–H and O–H groups in total. The van der Waals surface area contributed by atoms with Crippen LogP contribution in [0, 0.1) is 0 Å². The lowest BCUT2D eigenvalue weighted by atomic mass is 10.0. The largest absolute Gasteiger partial charge is 0.389 e. The van der Waals surface area contributed by atoms with Crippen LogP contribution in [0.1, 0.15) is 11.6 Å².